The number of rotatable bonds is 2. The largest absolute Gasteiger partial charge is 0.456 e. The highest BCUT2D eigenvalue weighted by molar-refractivity contribution is 6.23. The number of nitrogens with zero attached hydrogens (tertiary/aromatic N) is 2. The van der Waals surface area contributed by atoms with Gasteiger partial charge in [-0.05, 0) is 65.7 Å². The maximum Gasteiger partial charge on any atom is 0.137 e. The summed E-state index contributed by atoms with van der Waals surface area (Å²) in [5, 5.41) is 10.0. The van der Waals surface area contributed by atoms with Crippen LogP contribution in [0.3, 0.4) is 0 Å². The van der Waals surface area contributed by atoms with Crippen LogP contribution in [0.15, 0.2) is 150 Å². The molecule has 0 unspecified atom stereocenters. The summed E-state index contributed by atoms with van der Waals surface area (Å²) in [4.78, 5) is 0. The summed E-state index contributed by atoms with van der Waals surface area (Å²) >= 11 is 0. The van der Waals surface area contributed by atoms with E-state index < -0.39 is 0 Å². The zero-order valence-corrected chi connectivity index (χ0v) is 24.2. The molecule has 0 radical (unpaired) electrons. The number of fused-ring (bicyclic) bond motifs is 12. The predicted octanol–water partition coefficient (Wildman–Crippen LogP) is 11.5. The van der Waals surface area contributed by atoms with Crippen LogP contribution in [0.2, 0.25) is 0 Å². The van der Waals surface area contributed by atoms with Crippen LogP contribution < -0.4 is 0 Å². The number of aromatic nitrogens is 2. The van der Waals surface area contributed by atoms with E-state index in [1.807, 2.05) is 12.1 Å². The van der Waals surface area contributed by atoms with Gasteiger partial charge in [-0.25, -0.2) is 0 Å². The fourth-order valence-electron chi connectivity index (χ4n) is 7.90. The Hall–Kier alpha value is -6.06. The molecule has 4 aromatic heterocycles. The number of furan rings is 1. The van der Waals surface area contributed by atoms with E-state index in [1.165, 1.54) is 71.0 Å². The van der Waals surface area contributed by atoms with Crippen LogP contribution in [-0.4, -0.2) is 8.97 Å². The Morgan fingerprint density at radius 1 is 0.356 bits per heavy atom. The van der Waals surface area contributed by atoms with Crippen LogP contribution in [0.25, 0.3) is 98.7 Å². The van der Waals surface area contributed by atoms with Gasteiger partial charge < -0.3 is 13.4 Å². The van der Waals surface area contributed by atoms with Crippen molar-refractivity contribution in [1.29, 1.82) is 0 Å². The highest BCUT2D eigenvalue weighted by Crippen LogP contribution is 2.41. The van der Waals surface area contributed by atoms with Gasteiger partial charge >= 0.3 is 0 Å². The lowest BCUT2D eigenvalue weighted by molar-refractivity contribution is 0.668. The summed E-state index contributed by atoms with van der Waals surface area (Å²) in [5.74, 6) is 0. The van der Waals surface area contributed by atoms with E-state index in [9.17, 15) is 0 Å². The minimum Gasteiger partial charge on any atom is -0.456 e. The van der Waals surface area contributed by atoms with Gasteiger partial charge in [0.1, 0.15) is 11.2 Å². The van der Waals surface area contributed by atoms with E-state index >= 15 is 0 Å². The van der Waals surface area contributed by atoms with Crippen molar-refractivity contribution in [3.8, 4) is 16.8 Å². The number of hydrogen-bond donors (Lipinski definition) is 0. The van der Waals surface area contributed by atoms with Crippen LogP contribution >= 0.6 is 0 Å². The molecule has 3 heteroatoms. The van der Waals surface area contributed by atoms with Crippen LogP contribution in [0.4, 0.5) is 0 Å². The monoisotopic (exact) mass is 572 g/mol. The standard InChI is InChI=1S/C42H24N2O/c1-5-14-37-28(8-1)32-11-7-12-33-35-23-26(17-21-39(35)44(37)42(32)33)25-16-20-38-34(22-25)29-9-2-4-13-36(29)43(38)27-18-19-31-30-10-3-6-15-40(30)45-41(31)24-27/h1-24H. The van der Waals surface area contributed by atoms with E-state index in [0.29, 0.717) is 0 Å². The molecule has 0 amide bonds. The second-order valence-corrected chi connectivity index (χ2v) is 12.1. The topological polar surface area (TPSA) is 22.5 Å². The zero-order valence-electron chi connectivity index (χ0n) is 24.2. The van der Waals surface area contributed by atoms with E-state index in [4.69, 9.17) is 4.42 Å². The van der Waals surface area contributed by atoms with Gasteiger partial charge in [0.2, 0.25) is 0 Å². The summed E-state index contributed by atoms with van der Waals surface area (Å²) in [6.45, 7) is 0. The second kappa shape index (κ2) is 8.31. The molecule has 0 aliphatic heterocycles. The lowest BCUT2D eigenvalue weighted by atomic mass is 10.00. The van der Waals surface area contributed by atoms with Gasteiger partial charge in [0.05, 0.1) is 27.6 Å². The number of hydrogen-bond acceptors (Lipinski definition) is 1. The van der Waals surface area contributed by atoms with Crippen molar-refractivity contribution in [2.45, 2.75) is 0 Å². The van der Waals surface area contributed by atoms with Gasteiger partial charge in [0.25, 0.3) is 0 Å². The van der Waals surface area contributed by atoms with E-state index in [-0.39, 0.29) is 0 Å². The SMILES string of the molecule is c1ccc2c(c1)oc1cc(-n3c4ccccc4c4cc(-c5ccc6c(c5)c5cccc7c8ccccc8n6c75)ccc43)ccc12. The van der Waals surface area contributed by atoms with Crippen molar-refractivity contribution < 1.29 is 4.42 Å². The third-order valence-corrected chi connectivity index (χ3v) is 9.85. The first-order valence-corrected chi connectivity index (χ1v) is 15.4. The number of para-hydroxylation sites is 4. The molecule has 0 bridgehead atoms. The lowest BCUT2D eigenvalue weighted by Gasteiger charge is -2.09. The second-order valence-electron chi connectivity index (χ2n) is 12.1. The van der Waals surface area contributed by atoms with Gasteiger partial charge in [0.15, 0.2) is 0 Å². The molecular formula is C42H24N2O. The molecule has 11 rings (SSSR count). The molecule has 208 valence electrons. The van der Waals surface area contributed by atoms with Crippen molar-refractivity contribution in [3.05, 3.63) is 146 Å². The maximum atomic E-state index is 6.28. The molecule has 0 saturated carbocycles. The highest BCUT2D eigenvalue weighted by atomic mass is 16.3. The van der Waals surface area contributed by atoms with Crippen molar-refractivity contribution in [2.24, 2.45) is 0 Å². The molecule has 0 aliphatic carbocycles. The average molecular weight is 573 g/mol. The Kier molecular flexibility index (Phi) is 4.32. The Labute approximate surface area is 257 Å². The minimum absolute atomic E-state index is 0.905. The molecular weight excluding hydrogens is 548 g/mol. The lowest BCUT2D eigenvalue weighted by Crippen LogP contribution is -1.93. The van der Waals surface area contributed by atoms with Crippen molar-refractivity contribution in [3.63, 3.8) is 0 Å². The quantitative estimate of drug-likeness (QED) is 0.202. The molecule has 3 nitrogen and oxygen atoms in total. The molecule has 0 aliphatic rings. The molecule has 0 spiro atoms. The fraction of sp³-hybridized carbons (Fsp3) is 0. The number of benzene rings is 7. The van der Waals surface area contributed by atoms with Gasteiger partial charge in [0, 0.05) is 54.8 Å². The van der Waals surface area contributed by atoms with E-state index in [0.717, 1.165) is 27.6 Å². The Bertz CT molecular complexity index is 2990. The van der Waals surface area contributed by atoms with E-state index in [2.05, 4.69) is 142 Å². The smallest absolute Gasteiger partial charge is 0.137 e. The molecule has 0 atom stereocenters. The molecule has 11 aromatic rings. The normalized spacial score (nSPS) is 12.4. The molecule has 0 fully saturated rings. The van der Waals surface area contributed by atoms with Crippen molar-refractivity contribution >= 4 is 81.8 Å². The molecule has 45 heavy (non-hydrogen) atoms. The first kappa shape index (κ1) is 23.4. The Morgan fingerprint density at radius 2 is 0.911 bits per heavy atom. The van der Waals surface area contributed by atoms with Crippen molar-refractivity contribution in [1.82, 2.24) is 8.97 Å². The summed E-state index contributed by atoms with van der Waals surface area (Å²) in [6, 6.07) is 52.9. The zero-order chi connectivity index (χ0) is 29.2. The first-order chi connectivity index (χ1) is 22.3. The third-order valence-electron chi connectivity index (χ3n) is 9.85. The van der Waals surface area contributed by atoms with Gasteiger partial charge in [-0.3, -0.25) is 0 Å². The van der Waals surface area contributed by atoms with Crippen LogP contribution in [0, 0.1) is 0 Å². The fourth-order valence-corrected chi connectivity index (χ4v) is 7.90. The minimum atomic E-state index is 0.905. The maximum absolute atomic E-state index is 6.28. The van der Waals surface area contributed by atoms with Gasteiger partial charge in [-0.1, -0.05) is 84.9 Å². The summed E-state index contributed by atoms with van der Waals surface area (Å²) < 4.78 is 11.1. The van der Waals surface area contributed by atoms with Crippen LogP contribution in [0.1, 0.15) is 0 Å². The first-order valence-electron chi connectivity index (χ1n) is 15.4. The van der Waals surface area contributed by atoms with Gasteiger partial charge in [-0.2, -0.15) is 0 Å². The molecule has 4 heterocycles. The van der Waals surface area contributed by atoms with E-state index in [1.54, 1.807) is 0 Å². The molecule has 0 saturated heterocycles. The third kappa shape index (κ3) is 2.99. The Balaban J connectivity index is 1.13. The summed E-state index contributed by atoms with van der Waals surface area (Å²) in [6.07, 6.45) is 0. The molecule has 0 N–H and O–H groups in total. The van der Waals surface area contributed by atoms with Gasteiger partial charge in [-0.15, -0.1) is 0 Å². The highest BCUT2D eigenvalue weighted by Gasteiger charge is 2.18. The average Bonchev–Trinajstić information content (AvgIpc) is 3.83. The summed E-state index contributed by atoms with van der Waals surface area (Å²) in [5.41, 5.74) is 11.6. The summed E-state index contributed by atoms with van der Waals surface area (Å²) in [7, 11) is 0. The van der Waals surface area contributed by atoms with Crippen LogP contribution in [-0.2, 0) is 0 Å². The van der Waals surface area contributed by atoms with Crippen molar-refractivity contribution in [2.75, 3.05) is 0 Å². The molecule has 7 aromatic carbocycles. The Morgan fingerprint density at radius 3 is 1.73 bits per heavy atom. The van der Waals surface area contributed by atoms with Crippen LogP contribution in [0.5, 0.6) is 0 Å². The predicted molar refractivity (Wildman–Crippen MR) is 188 cm³/mol.